The minimum Gasteiger partial charge on any atom is -0.479 e. The largest absolute Gasteiger partial charge is 0.479 e. The molecule has 0 bridgehead atoms. The molecule has 18 heavy (non-hydrogen) atoms. The van der Waals surface area contributed by atoms with Gasteiger partial charge in [-0.25, -0.2) is 9.59 Å². The average Bonchev–Trinajstić information content (AvgIpc) is 2.82. The third-order valence-electron chi connectivity index (χ3n) is 2.25. The molecule has 0 aliphatic heterocycles. The highest BCUT2D eigenvalue weighted by molar-refractivity contribution is 5.76. The molecule has 0 saturated carbocycles. The Balaban J connectivity index is 2.15. The number of hydrogen-bond donors (Lipinski definition) is 3. The van der Waals surface area contributed by atoms with Crippen LogP contribution in [0.4, 0.5) is 4.79 Å². The molecule has 1 rings (SSSR count). The highest BCUT2D eigenvalue weighted by Gasteiger charge is 2.16. The minimum absolute atomic E-state index is 0.0849. The van der Waals surface area contributed by atoms with E-state index >= 15 is 0 Å². The predicted molar refractivity (Wildman–Crippen MR) is 62.2 cm³/mol. The predicted octanol–water partition coefficient (Wildman–Crippen LogP) is 0.221. The monoisotopic (exact) mass is 256 g/mol. The fraction of sp³-hybridized carbons (Fsp3) is 0.455. The molecular weight excluding hydrogens is 240 g/mol. The van der Waals surface area contributed by atoms with Crippen LogP contribution in [-0.2, 0) is 16.0 Å². The Bertz CT molecular complexity index is 377. The lowest BCUT2D eigenvalue weighted by atomic mass is 10.3. The zero-order chi connectivity index (χ0) is 13.4. The summed E-state index contributed by atoms with van der Waals surface area (Å²) in [6.07, 6.45) is 1.10. The van der Waals surface area contributed by atoms with Crippen LogP contribution >= 0.6 is 0 Å². The van der Waals surface area contributed by atoms with Crippen LogP contribution in [0, 0.1) is 0 Å². The van der Waals surface area contributed by atoms with Crippen molar-refractivity contribution >= 4 is 12.0 Å². The van der Waals surface area contributed by atoms with Crippen molar-refractivity contribution in [1.29, 1.82) is 0 Å². The van der Waals surface area contributed by atoms with Gasteiger partial charge >= 0.3 is 12.0 Å². The van der Waals surface area contributed by atoms with Gasteiger partial charge in [-0.1, -0.05) is 0 Å². The maximum atomic E-state index is 11.3. The van der Waals surface area contributed by atoms with Crippen LogP contribution in [0.25, 0.3) is 0 Å². The van der Waals surface area contributed by atoms with Gasteiger partial charge in [0.2, 0.25) is 0 Å². The van der Waals surface area contributed by atoms with E-state index in [1.165, 1.54) is 7.11 Å². The van der Waals surface area contributed by atoms with Gasteiger partial charge in [0.05, 0.1) is 12.8 Å². The molecule has 3 N–H and O–H groups in total. The number of carboxylic acid groups (broad SMARTS) is 1. The topological polar surface area (TPSA) is 101 Å². The molecule has 0 aromatic carbocycles. The first-order chi connectivity index (χ1) is 8.63. The molecule has 0 spiro atoms. The zero-order valence-corrected chi connectivity index (χ0v) is 10.0. The molecule has 100 valence electrons. The Morgan fingerprint density at radius 3 is 2.83 bits per heavy atom. The molecule has 7 nitrogen and oxygen atoms in total. The molecule has 1 atom stereocenters. The molecule has 2 amide bonds. The molecule has 0 saturated heterocycles. The molecule has 1 aromatic rings. The van der Waals surface area contributed by atoms with Crippen LogP contribution in [0.3, 0.4) is 0 Å². The number of carbonyl (C=O) groups excluding carboxylic acids is 1. The average molecular weight is 256 g/mol. The van der Waals surface area contributed by atoms with E-state index in [-0.39, 0.29) is 6.54 Å². The van der Waals surface area contributed by atoms with Crippen LogP contribution in [0.2, 0.25) is 0 Å². The number of amides is 2. The molecule has 0 radical (unpaired) electrons. The van der Waals surface area contributed by atoms with Gasteiger partial charge in [-0.15, -0.1) is 0 Å². The van der Waals surface area contributed by atoms with Gasteiger partial charge in [0.25, 0.3) is 0 Å². The Kier molecular flexibility index (Phi) is 5.72. The maximum Gasteiger partial charge on any atom is 0.334 e. The van der Waals surface area contributed by atoms with Crippen LogP contribution in [0.1, 0.15) is 5.76 Å². The van der Waals surface area contributed by atoms with Crippen molar-refractivity contribution in [2.24, 2.45) is 0 Å². The number of methoxy groups -OCH3 is 1. The lowest BCUT2D eigenvalue weighted by Crippen LogP contribution is -2.43. The Morgan fingerprint density at radius 1 is 1.50 bits per heavy atom. The van der Waals surface area contributed by atoms with Gasteiger partial charge in [-0.3, -0.25) is 0 Å². The highest BCUT2D eigenvalue weighted by atomic mass is 16.5. The van der Waals surface area contributed by atoms with Crippen molar-refractivity contribution in [1.82, 2.24) is 10.6 Å². The summed E-state index contributed by atoms with van der Waals surface area (Å²) in [6.45, 7) is 0.322. The summed E-state index contributed by atoms with van der Waals surface area (Å²) >= 11 is 0. The maximum absolute atomic E-state index is 11.3. The van der Waals surface area contributed by atoms with Crippen molar-refractivity contribution in [2.45, 2.75) is 12.5 Å². The number of ether oxygens (including phenoxy) is 1. The molecule has 7 heteroatoms. The van der Waals surface area contributed by atoms with Crippen LogP contribution < -0.4 is 10.6 Å². The first-order valence-corrected chi connectivity index (χ1v) is 5.43. The van der Waals surface area contributed by atoms with E-state index in [0.29, 0.717) is 13.0 Å². The lowest BCUT2D eigenvalue weighted by molar-refractivity contribution is -0.147. The third kappa shape index (κ3) is 4.88. The fourth-order valence-corrected chi connectivity index (χ4v) is 1.27. The Labute approximate surface area is 104 Å². The van der Waals surface area contributed by atoms with Crippen LogP contribution in [0.15, 0.2) is 22.8 Å². The first kappa shape index (κ1) is 14.0. The molecule has 0 aliphatic carbocycles. The molecule has 1 unspecified atom stereocenters. The van der Waals surface area contributed by atoms with E-state index in [4.69, 9.17) is 9.52 Å². The zero-order valence-electron chi connectivity index (χ0n) is 10.0. The second-order valence-electron chi connectivity index (χ2n) is 3.53. The molecule has 1 aromatic heterocycles. The highest BCUT2D eigenvalue weighted by Crippen LogP contribution is 1.99. The van der Waals surface area contributed by atoms with Gasteiger partial charge < -0.3 is 24.9 Å². The van der Waals surface area contributed by atoms with Crippen molar-refractivity contribution < 1.29 is 23.8 Å². The minimum atomic E-state index is -1.12. The number of carbonyl (C=O) groups is 2. The number of nitrogens with one attached hydrogen (secondary N) is 2. The number of hydrogen-bond acceptors (Lipinski definition) is 4. The summed E-state index contributed by atoms with van der Waals surface area (Å²) in [5.74, 6) is -0.344. The van der Waals surface area contributed by atoms with Gasteiger partial charge in [0.15, 0.2) is 6.10 Å². The van der Waals surface area contributed by atoms with E-state index in [1.807, 2.05) is 6.07 Å². The van der Waals surface area contributed by atoms with Gasteiger partial charge in [0.1, 0.15) is 5.76 Å². The van der Waals surface area contributed by atoms with Crippen molar-refractivity contribution in [3.8, 4) is 0 Å². The van der Waals surface area contributed by atoms with Gasteiger partial charge in [-0.05, 0) is 12.1 Å². The summed E-state index contributed by atoms with van der Waals surface area (Å²) in [5, 5.41) is 13.7. The summed E-state index contributed by atoms with van der Waals surface area (Å²) in [5.41, 5.74) is 0. The van der Waals surface area contributed by atoms with Crippen molar-refractivity contribution in [2.75, 3.05) is 20.2 Å². The fourth-order valence-electron chi connectivity index (χ4n) is 1.27. The van der Waals surface area contributed by atoms with E-state index in [2.05, 4.69) is 15.4 Å². The second-order valence-corrected chi connectivity index (χ2v) is 3.53. The van der Waals surface area contributed by atoms with Crippen molar-refractivity contribution in [3.05, 3.63) is 24.2 Å². The number of aliphatic carboxylic acids is 1. The SMILES string of the molecule is COC(CNC(=O)NCCc1ccco1)C(=O)O. The quantitative estimate of drug-likeness (QED) is 0.648. The summed E-state index contributed by atoms with van der Waals surface area (Å²) in [4.78, 5) is 21.9. The summed E-state index contributed by atoms with van der Waals surface area (Å²) < 4.78 is 9.76. The summed E-state index contributed by atoms with van der Waals surface area (Å²) in [6, 6.07) is 3.14. The third-order valence-corrected chi connectivity index (χ3v) is 2.25. The molecule has 0 fully saturated rings. The van der Waals surface area contributed by atoms with Crippen LogP contribution in [-0.4, -0.2) is 43.4 Å². The Hall–Kier alpha value is -2.02. The van der Waals surface area contributed by atoms with Gasteiger partial charge in [-0.2, -0.15) is 0 Å². The summed E-state index contributed by atoms with van der Waals surface area (Å²) in [7, 11) is 1.27. The smallest absolute Gasteiger partial charge is 0.334 e. The Morgan fingerprint density at radius 2 is 2.28 bits per heavy atom. The lowest BCUT2D eigenvalue weighted by Gasteiger charge is -2.11. The first-order valence-electron chi connectivity index (χ1n) is 5.43. The van der Waals surface area contributed by atoms with Crippen molar-refractivity contribution in [3.63, 3.8) is 0 Å². The normalized spacial score (nSPS) is 11.8. The van der Waals surface area contributed by atoms with E-state index in [0.717, 1.165) is 5.76 Å². The van der Waals surface area contributed by atoms with Crippen LogP contribution in [0.5, 0.6) is 0 Å². The standard InChI is InChI=1S/C11H16N2O5/c1-17-9(10(14)15)7-13-11(16)12-5-4-8-3-2-6-18-8/h2-3,6,9H,4-5,7H2,1H3,(H,14,15)(H2,12,13,16). The van der Waals surface area contributed by atoms with E-state index in [9.17, 15) is 9.59 Å². The van der Waals surface area contributed by atoms with E-state index < -0.39 is 18.1 Å². The molecule has 0 aliphatic rings. The number of carboxylic acids is 1. The number of rotatable bonds is 7. The number of urea groups is 1. The van der Waals surface area contributed by atoms with E-state index in [1.54, 1.807) is 12.3 Å². The van der Waals surface area contributed by atoms with Gasteiger partial charge in [0, 0.05) is 20.1 Å². The number of furan rings is 1. The molecule has 1 heterocycles. The second kappa shape index (κ2) is 7.33. The molecular formula is C11H16N2O5.